The molecule has 0 spiro atoms. The van der Waals surface area contributed by atoms with E-state index >= 15 is 0 Å². The van der Waals surface area contributed by atoms with Gasteiger partial charge in [0, 0.05) is 15.4 Å². The number of benzene rings is 1. The highest BCUT2D eigenvalue weighted by atomic mass is 79.9. The largest absolute Gasteiger partial charge is 0.491 e. The quantitative estimate of drug-likeness (QED) is 0.848. The Morgan fingerprint density at radius 2 is 2.14 bits per heavy atom. The molecule has 0 amide bonds. The molecule has 14 heavy (non-hydrogen) atoms. The van der Waals surface area contributed by atoms with Gasteiger partial charge in [0.2, 0.25) is 0 Å². The Morgan fingerprint density at radius 3 is 2.86 bits per heavy atom. The molecule has 1 aromatic carbocycles. The number of ether oxygens (including phenoxy) is 1. The molecule has 0 radical (unpaired) electrons. The fourth-order valence-electron chi connectivity index (χ4n) is 1.30. The fraction of sp³-hybridized carbons (Fsp3) is 0.100. The van der Waals surface area contributed by atoms with Crippen LogP contribution in [0.2, 0.25) is 0 Å². The Bertz CT molecular complexity index is 533. The SMILES string of the molecule is COc1cc2ccc(Br)cc2[nH]c1=O. The van der Waals surface area contributed by atoms with Gasteiger partial charge in [-0.3, -0.25) is 4.79 Å². The maximum Gasteiger partial charge on any atom is 0.290 e. The molecule has 2 rings (SSSR count). The highest BCUT2D eigenvalue weighted by Gasteiger charge is 2.02. The van der Waals surface area contributed by atoms with E-state index in [-0.39, 0.29) is 5.56 Å². The molecule has 0 fully saturated rings. The molecule has 1 aromatic heterocycles. The van der Waals surface area contributed by atoms with E-state index in [0.29, 0.717) is 5.75 Å². The third-order valence-electron chi connectivity index (χ3n) is 1.99. The number of nitrogens with one attached hydrogen (secondary N) is 1. The molecule has 0 saturated heterocycles. The van der Waals surface area contributed by atoms with Crippen LogP contribution in [-0.4, -0.2) is 12.1 Å². The van der Waals surface area contributed by atoms with E-state index in [1.165, 1.54) is 7.11 Å². The second kappa shape index (κ2) is 3.46. The number of H-pyrrole nitrogens is 1. The first-order chi connectivity index (χ1) is 6.70. The molecule has 0 aliphatic rings. The first-order valence-corrected chi connectivity index (χ1v) is 4.86. The molecule has 4 heteroatoms. The Hall–Kier alpha value is -1.29. The van der Waals surface area contributed by atoms with Crippen LogP contribution in [0.15, 0.2) is 33.5 Å². The van der Waals surface area contributed by atoms with Gasteiger partial charge in [-0.05, 0) is 18.2 Å². The fourth-order valence-corrected chi connectivity index (χ4v) is 1.67. The van der Waals surface area contributed by atoms with Gasteiger partial charge in [-0.15, -0.1) is 0 Å². The molecular formula is C10H8BrNO2. The minimum Gasteiger partial charge on any atom is -0.491 e. The molecule has 1 heterocycles. The van der Waals surface area contributed by atoms with Crippen LogP contribution in [0.3, 0.4) is 0 Å². The van der Waals surface area contributed by atoms with E-state index in [9.17, 15) is 4.79 Å². The molecular weight excluding hydrogens is 246 g/mol. The summed E-state index contributed by atoms with van der Waals surface area (Å²) >= 11 is 3.34. The second-order valence-corrected chi connectivity index (χ2v) is 3.81. The van der Waals surface area contributed by atoms with Gasteiger partial charge in [0.1, 0.15) is 0 Å². The van der Waals surface area contributed by atoms with Crippen molar-refractivity contribution in [3.63, 3.8) is 0 Å². The molecule has 0 aliphatic carbocycles. The topological polar surface area (TPSA) is 42.1 Å². The van der Waals surface area contributed by atoms with Crippen molar-refractivity contribution in [2.75, 3.05) is 7.11 Å². The van der Waals surface area contributed by atoms with E-state index in [4.69, 9.17) is 4.74 Å². The van der Waals surface area contributed by atoms with Gasteiger partial charge < -0.3 is 9.72 Å². The van der Waals surface area contributed by atoms with Crippen LogP contribution >= 0.6 is 15.9 Å². The number of methoxy groups -OCH3 is 1. The van der Waals surface area contributed by atoms with E-state index in [0.717, 1.165) is 15.4 Å². The predicted octanol–water partition coefficient (Wildman–Crippen LogP) is 2.30. The monoisotopic (exact) mass is 253 g/mol. The van der Waals surface area contributed by atoms with Gasteiger partial charge in [-0.25, -0.2) is 0 Å². The number of hydrogen-bond acceptors (Lipinski definition) is 2. The van der Waals surface area contributed by atoms with Crippen molar-refractivity contribution in [2.45, 2.75) is 0 Å². The minimum atomic E-state index is -0.210. The van der Waals surface area contributed by atoms with Crippen molar-refractivity contribution in [1.29, 1.82) is 0 Å². The molecule has 0 bridgehead atoms. The average Bonchev–Trinajstić information content (AvgIpc) is 2.16. The van der Waals surface area contributed by atoms with Gasteiger partial charge in [-0.2, -0.15) is 0 Å². The highest BCUT2D eigenvalue weighted by molar-refractivity contribution is 9.10. The van der Waals surface area contributed by atoms with Gasteiger partial charge >= 0.3 is 0 Å². The maximum atomic E-state index is 11.4. The number of pyridine rings is 1. The van der Waals surface area contributed by atoms with Crippen molar-refractivity contribution in [3.8, 4) is 5.75 Å². The number of aromatic amines is 1. The van der Waals surface area contributed by atoms with E-state index in [1.54, 1.807) is 6.07 Å². The number of rotatable bonds is 1. The Kier molecular flexibility index (Phi) is 2.29. The van der Waals surface area contributed by atoms with Crippen molar-refractivity contribution in [1.82, 2.24) is 4.98 Å². The first-order valence-electron chi connectivity index (χ1n) is 4.07. The number of hydrogen-bond donors (Lipinski definition) is 1. The third kappa shape index (κ3) is 1.53. The van der Waals surface area contributed by atoms with Gasteiger partial charge in [0.15, 0.2) is 5.75 Å². The summed E-state index contributed by atoms with van der Waals surface area (Å²) in [5.74, 6) is 0.333. The van der Waals surface area contributed by atoms with Crippen LogP contribution in [0.4, 0.5) is 0 Å². The highest BCUT2D eigenvalue weighted by Crippen LogP contribution is 2.19. The molecule has 0 aliphatic heterocycles. The lowest BCUT2D eigenvalue weighted by molar-refractivity contribution is 0.409. The Morgan fingerprint density at radius 1 is 1.36 bits per heavy atom. The minimum absolute atomic E-state index is 0.210. The first kappa shape index (κ1) is 9.27. The van der Waals surface area contributed by atoms with Crippen molar-refractivity contribution < 1.29 is 4.74 Å². The average molecular weight is 254 g/mol. The maximum absolute atomic E-state index is 11.4. The zero-order valence-corrected chi connectivity index (χ0v) is 9.09. The van der Waals surface area contributed by atoms with Crippen molar-refractivity contribution in [2.24, 2.45) is 0 Å². The standard InChI is InChI=1S/C10H8BrNO2/c1-14-9-4-6-2-3-7(11)5-8(6)12-10(9)13/h2-5H,1H3,(H,12,13). The molecule has 1 N–H and O–H groups in total. The second-order valence-electron chi connectivity index (χ2n) is 2.90. The van der Waals surface area contributed by atoms with Gasteiger partial charge in [0.05, 0.1) is 7.11 Å². The summed E-state index contributed by atoms with van der Waals surface area (Å²) in [7, 11) is 1.48. The predicted molar refractivity (Wildman–Crippen MR) is 58.8 cm³/mol. The normalized spacial score (nSPS) is 10.4. The molecule has 0 saturated carbocycles. The zero-order chi connectivity index (χ0) is 10.1. The van der Waals surface area contributed by atoms with E-state index in [2.05, 4.69) is 20.9 Å². The van der Waals surface area contributed by atoms with Crippen molar-refractivity contribution in [3.05, 3.63) is 39.1 Å². The summed E-state index contributed by atoms with van der Waals surface area (Å²) in [6.07, 6.45) is 0. The summed E-state index contributed by atoms with van der Waals surface area (Å²) in [5.41, 5.74) is 0.586. The van der Waals surface area contributed by atoms with Crippen molar-refractivity contribution >= 4 is 26.8 Å². The van der Waals surface area contributed by atoms with Crippen LogP contribution in [0.1, 0.15) is 0 Å². The lowest BCUT2D eigenvalue weighted by Gasteiger charge is -2.01. The van der Waals surface area contributed by atoms with Crippen LogP contribution in [0, 0.1) is 0 Å². The summed E-state index contributed by atoms with van der Waals surface area (Å²) < 4.78 is 5.86. The van der Waals surface area contributed by atoms with E-state index in [1.807, 2.05) is 18.2 Å². The lowest BCUT2D eigenvalue weighted by atomic mass is 10.2. The van der Waals surface area contributed by atoms with Gasteiger partial charge in [-0.1, -0.05) is 22.0 Å². The molecule has 0 atom stereocenters. The van der Waals surface area contributed by atoms with Crippen LogP contribution in [0.5, 0.6) is 5.75 Å². The summed E-state index contributed by atoms with van der Waals surface area (Å²) in [6, 6.07) is 7.41. The van der Waals surface area contributed by atoms with Crippen LogP contribution in [-0.2, 0) is 0 Å². The molecule has 0 unspecified atom stereocenters. The molecule has 3 nitrogen and oxygen atoms in total. The van der Waals surface area contributed by atoms with Crippen LogP contribution in [0.25, 0.3) is 10.9 Å². The molecule has 72 valence electrons. The summed E-state index contributed by atoms with van der Waals surface area (Å²) in [4.78, 5) is 14.1. The third-order valence-corrected chi connectivity index (χ3v) is 2.49. The number of halogens is 1. The zero-order valence-electron chi connectivity index (χ0n) is 7.50. The summed E-state index contributed by atoms with van der Waals surface area (Å²) in [5, 5.41) is 0.949. The Balaban J connectivity index is 2.79. The number of fused-ring (bicyclic) bond motifs is 1. The van der Waals surface area contributed by atoms with Gasteiger partial charge in [0.25, 0.3) is 5.56 Å². The van der Waals surface area contributed by atoms with E-state index < -0.39 is 0 Å². The smallest absolute Gasteiger partial charge is 0.290 e. The molecule has 2 aromatic rings. The number of aromatic nitrogens is 1. The Labute approximate surface area is 88.8 Å². The summed E-state index contributed by atoms with van der Waals surface area (Å²) in [6.45, 7) is 0. The van der Waals surface area contributed by atoms with Crippen LogP contribution < -0.4 is 10.3 Å². The lowest BCUT2D eigenvalue weighted by Crippen LogP contribution is -2.08.